The number of ether oxygens (including phenoxy) is 4. The third-order valence-electron chi connectivity index (χ3n) is 11.0. The van der Waals surface area contributed by atoms with Gasteiger partial charge >= 0.3 is 24.3 Å². The number of alkyl halides is 6. The van der Waals surface area contributed by atoms with Gasteiger partial charge in [-0.25, -0.2) is 9.59 Å². The van der Waals surface area contributed by atoms with Crippen LogP contribution < -0.4 is 0 Å². The smallest absolute Gasteiger partial charge is 0.432 e. The van der Waals surface area contributed by atoms with Gasteiger partial charge in [0, 0.05) is 25.3 Å². The number of terminal acetylenes is 2. The van der Waals surface area contributed by atoms with E-state index in [1.165, 1.54) is 80.0 Å². The van der Waals surface area contributed by atoms with E-state index in [1.807, 2.05) is 0 Å². The fourth-order valence-corrected chi connectivity index (χ4v) is 7.39. The first-order chi connectivity index (χ1) is 30.7. The predicted octanol–water partition coefficient (Wildman–Crippen LogP) is 13.8. The molecule has 352 valence electrons. The molecule has 4 atom stereocenters. The molecule has 0 saturated carbocycles. The molecule has 0 N–H and O–H groups in total. The van der Waals surface area contributed by atoms with E-state index in [1.54, 1.807) is 12.1 Å². The summed E-state index contributed by atoms with van der Waals surface area (Å²) in [4.78, 5) is 25.9. The van der Waals surface area contributed by atoms with Crippen LogP contribution in [0.2, 0.25) is 0 Å². The molecule has 2 rings (SSSR count). The number of halogens is 6. The van der Waals surface area contributed by atoms with Crippen LogP contribution in [0.15, 0.2) is 97.1 Å². The number of allylic oxidation sites excluding steroid dienone is 4. The number of rotatable bonds is 32. The molecule has 0 fully saturated rings. The van der Waals surface area contributed by atoms with Gasteiger partial charge in [-0.05, 0) is 69.6 Å². The zero-order chi connectivity index (χ0) is 47.2. The lowest BCUT2D eigenvalue weighted by Crippen LogP contribution is -2.52. The van der Waals surface area contributed by atoms with Gasteiger partial charge < -0.3 is 18.9 Å². The van der Waals surface area contributed by atoms with Crippen LogP contribution in [0.3, 0.4) is 0 Å². The minimum Gasteiger partial charge on any atom is -0.455 e. The molecule has 0 spiro atoms. The molecule has 0 aliphatic rings. The van der Waals surface area contributed by atoms with E-state index in [4.69, 9.17) is 31.8 Å². The van der Waals surface area contributed by atoms with Crippen molar-refractivity contribution in [3.8, 4) is 24.7 Å². The summed E-state index contributed by atoms with van der Waals surface area (Å²) in [5, 5.41) is 0. The van der Waals surface area contributed by atoms with Crippen LogP contribution in [0.1, 0.15) is 140 Å². The number of hydrogen-bond acceptors (Lipinski definition) is 6. The Hall–Kier alpha value is -4.78. The maximum atomic E-state index is 14.3. The zero-order valence-electron chi connectivity index (χ0n) is 37.4. The van der Waals surface area contributed by atoms with Crippen molar-refractivity contribution in [3.63, 3.8) is 0 Å². The van der Waals surface area contributed by atoms with E-state index in [-0.39, 0.29) is 5.56 Å². The van der Waals surface area contributed by atoms with Crippen molar-refractivity contribution in [2.24, 2.45) is 0 Å². The highest BCUT2D eigenvalue weighted by Gasteiger charge is 2.65. The molecule has 12 heteroatoms. The average Bonchev–Trinajstić information content (AvgIpc) is 3.27. The van der Waals surface area contributed by atoms with Crippen molar-refractivity contribution < 1.29 is 54.9 Å². The van der Waals surface area contributed by atoms with Crippen molar-refractivity contribution in [3.05, 3.63) is 108 Å². The van der Waals surface area contributed by atoms with E-state index in [0.29, 0.717) is 19.3 Å². The number of carbonyl (C=O) groups excluding carboxylic acids is 2. The molecule has 6 nitrogen and oxygen atoms in total. The van der Waals surface area contributed by atoms with Gasteiger partial charge in [-0.3, -0.25) is 0 Å². The first-order valence-electron chi connectivity index (χ1n) is 22.4. The van der Waals surface area contributed by atoms with E-state index in [9.17, 15) is 35.9 Å². The second-order valence-electron chi connectivity index (χ2n) is 15.7. The molecule has 0 aliphatic heterocycles. The molecule has 64 heavy (non-hydrogen) atoms. The highest BCUT2D eigenvalue weighted by Crippen LogP contribution is 2.44. The summed E-state index contributed by atoms with van der Waals surface area (Å²) < 4.78 is 105. The van der Waals surface area contributed by atoms with Crippen LogP contribution in [0.4, 0.5) is 26.3 Å². The van der Waals surface area contributed by atoms with Crippen LogP contribution in [0.25, 0.3) is 0 Å². The van der Waals surface area contributed by atoms with E-state index in [0.717, 1.165) is 116 Å². The summed E-state index contributed by atoms with van der Waals surface area (Å²) in [6.45, 7) is 0. The Morgan fingerprint density at radius 1 is 0.547 bits per heavy atom. The SMILES string of the molecule is C#C/C=C\[C@H](CCCCCCCCCCC/C=C\CCCCCCCCC/C=C/[C@H](C#C)OC(=O)[C@@](OC)(c1ccccc1)C(F)(F)F)OC(=O)[C@@](OC)(c1ccccc1)C(F)(F)F. The largest absolute Gasteiger partial charge is 0.455 e. The standard InChI is InChI=1S/C52H66F6O6/c1-5-7-40-46(64-48(60)50(62-4,52(56,57)58)44-38-32-29-33-39-44)42-35-27-25-23-21-19-17-15-13-11-9-8-10-12-14-16-18-20-22-24-26-34-41-45(6-2)63-47(59)49(61-3,51(53,54)55)43-36-30-28-31-37-43/h1-2,7-9,28-34,36-41,45-46H,10-27,35,42H2,3-4H3/b9-8-,40-7-,41-34+/t45-,46+,49-,50-/m0/s1. The first-order valence-corrected chi connectivity index (χ1v) is 22.4. The molecule has 2 aromatic rings. The van der Waals surface area contributed by atoms with Gasteiger partial charge in [-0.15, -0.1) is 12.8 Å². The Labute approximate surface area is 377 Å². The molecule has 2 aromatic carbocycles. The van der Waals surface area contributed by atoms with E-state index in [2.05, 4.69) is 24.0 Å². The van der Waals surface area contributed by atoms with Gasteiger partial charge in [-0.2, -0.15) is 26.3 Å². The fraction of sp³-hybridized carbons (Fsp3) is 0.538. The summed E-state index contributed by atoms with van der Waals surface area (Å²) >= 11 is 0. The maximum absolute atomic E-state index is 14.3. The summed E-state index contributed by atoms with van der Waals surface area (Å²) in [7, 11) is 1.66. The van der Waals surface area contributed by atoms with Crippen molar-refractivity contribution in [1.29, 1.82) is 0 Å². The molecular formula is C52H66F6O6. The fourth-order valence-electron chi connectivity index (χ4n) is 7.39. The maximum Gasteiger partial charge on any atom is 0.432 e. The van der Waals surface area contributed by atoms with Crippen LogP contribution in [-0.2, 0) is 39.7 Å². The Balaban J connectivity index is 1.49. The average molecular weight is 901 g/mol. The Bertz CT molecular complexity index is 1780. The summed E-state index contributed by atoms with van der Waals surface area (Å²) in [6.07, 6.45) is 29.1. The topological polar surface area (TPSA) is 71.1 Å². The molecule has 0 saturated heterocycles. The summed E-state index contributed by atoms with van der Waals surface area (Å²) in [6, 6.07) is 13.4. The minimum atomic E-state index is -5.07. The highest BCUT2D eigenvalue weighted by molar-refractivity contribution is 5.83. The van der Waals surface area contributed by atoms with Gasteiger partial charge in [-0.1, -0.05) is 168 Å². The first kappa shape index (κ1) is 55.4. The molecule has 0 aliphatic carbocycles. The predicted molar refractivity (Wildman–Crippen MR) is 240 cm³/mol. The van der Waals surface area contributed by atoms with Crippen LogP contribution >= 0.6 is 0 Å². The molecule has 0 bridgehead atoms. The lowest BCUT2D eigenvalue weighted by Gasteiger charge is -2.33. The third-order valence-corrected chi connectivity index (χ3v) is 11.0. The molecular weight excluding hydrogens is 835 g/mol. The lowest BCUT2D eigenvalue weighted by atomic mass is 9.92. The summed E-state index contributed by atoms with van der Waals surface area (Å²) in [5.41, 5.74) is -7.28. The summed E-state index contributed by atoms with van der Waals surface area (Å²) in [5.74, 6) is 1.39. The molecule has 0 aromatic heterocycles. The Kier molecular flexibility index (Phi) is 26.3. The van der Waals surface area contributed by atoms with Gasteiger partial charge in [0.2, 0.25) is 0 Å². The van der Waals surface area contributed by atoms with Crippen molar-refractivity contribution in [2.75, 3.05) is 14.2 Å². The zero-order valence-corrected chi connectivity index (χ0v) is 37.4. The number of carbonyl (C=O) groups is 2. The number of benzene rings is 2. The second-order valence-corrected chi connectivity index (χ2v) is 15.7. The quantitative estimate of drug-likeness (QED) is 0.0239. The Morgan fingerprint density at radius 2 is 0.922 bits per heavy atom. The molecule has 0 heterocycles. The second kappa shape index (κ2) is 30.4. The monoisotopic (exact) mass is 900 g/mol. The van der Waals surface area contributed by atoms with Crippen LogP contribution in [0.5, 0.6) is 0 Å². The Morgan fingerprint density at radius 3 is 1.30 bits per heavy atom. The van der Waals surface area contributed by atoms with Crippen LogP contribution in [0, 0.1) is 24.7 Å². The number of esters is 2. The number of hydrogen-bond donors (Lipinski definition) is 0. The number of unbranched alkanes of at least 4 members (excludes halogenated alkanes) is 17. The highest BCUT2D eigenvalue weighted by atomic mass is 19.4. The van der Waals surface area contributed by atoms with Gasteiger partial charge in [0.05, 0.1) is 0 Å². The normalized spacial score (nSPS) is 15.0. The van der Waals surface area contributed by atoms with Crippen LogP contribution in [-0.4, -0.2) is 50.7 Å². The van der Waals surface area contributed by atoms with Crippen molar-refractivity contribution >= 4 is 11.9 Å². The lowest BCUT2D eigenvalue weighted by molar-refractivity contribution is -0.278. The van der Waals surface area contributed by atoms with E-state index >= 15 is 0 Å². The molecule has 0 radical (unpaired) electrons. The van der Waals surface area contributed by atoms with Gasteiger partial charge in [0.15, 0.2) is 6.10 Å². The molecule has 0 amide bonds. The third kappa shape index (κ3) is 18.0. The van der Waals surface area contributed by atoms with Crippen molar-refractivity contribution in [2.45, 2.75) is 164 Å². The van der Waals surface area contributed by atoms with Gasteiger partial charge in [0.1, 0.15) is 6.10 Å². The van der Waals surface area contributed by atoms with E-state index < -0.39 is 53.3 Å². The van der Waals surface area contributed by atoms with Crippen molar-refractivity contribution in [1.82, 2.24) is 0 Å². The number of methoxy groups -OCH3 is 2. The minimum absolute atomic E-state index is 0.349. The van der Waals surface area contributed by atoms with Gasteiger partial charge in [0.25, 0.3) is 11.2 Å². The molecule has 0 unspecified atom stereocenters.